The number of amides is 2. The zero-order chi connectivity index (χ0) is 24.5. The SMILES string of the molecule is Cc1noc(C)c1-c1ccc(C[n+]2cc(NC(=O)Nc3ccc(Cl)c(C(F)(F)F)c3)on2)nc1. The molecule has 0 aliphatic heterocycles. The number of carbonyl (C=O) groups is 1. The van der Waals surface area contributed by atoms with Gasteiger partial charge in [-0.25, -0.2) is 4.79 Å². The van der Waals surface area contributed by atoms with Gasteiger partial charge in [0.15, 0.2) is 0 Å². The van der Waals surface area contributed by atoms with E-state index >= 15 is 0 Å². The van der Waals surface area contributed by atoms with Gasteiger partial charge < -0.3 is 9.84 Å². The number of aryl methyl sites for hydroxylation is 2. The number of hydrogen-bond acceptors (Lipinski definition) is 6. The van der Waals surface area contributed by atoms with Crippen LogP contribution in [-0.4, -0.2) is 21.4 Å². The third-order valence-corrected chi connectivity index (χ3v) is 5.08. The molecule has 34 heavy (non-hydrogen) atoms. The number of carbonyl (C=O) groups excluding carboxylic acids is 1. The van der Waals surface area contributed by atoms with E-state index in [4.69, 9.17) is 20.6 Å². The summed E-state index contributed by atoms with van der Waals surface area (Å²) < 4.78 is 50.5. The first kappa shape index (κ1) is 23.2. The maximum absolute atomic E-state index is 13.0. The Labute approximate surface area is 195 Å². The van der Waals surface area contributed by atoms with Gasteiger partial charge in [0.25, 0.3) is 6.20 Å². The van der Waals surface area contributed by atoms with Crippen LogP contribution in [0.5, 0.6) is 0 Å². The molecule has 3 aromatic heterocycles. The fraction of sp³-hybridized carbons (Fsp3) is 0.190. The highest BCUT2D eigenvalue weighted by atomic mass is 35.5. The van der Waals surface area contributed by atoms with Gasteiger partial charge in [-0.3, -0.25) is 14.8 Å². The molecule has 0 bridgehead atoms. The van der Waals surface area contributed by atoms with Crippen LogP contribution < -0.4 is 15.3 Å². The van der Waals surface area contributed by atoms with Crippen molar-refractivity contribution >= 4 is 29.2 Å². The minimum atomic E-state index is -4.65. The molecule has 4 aromatic rings. The first-order valence-corrected chi connectivity index (χ1v) is 10.2. The van der Waals surface area contributed by atoms with Crippen molar-refractivity contribution in [1.82, 2.24) is 15.4 Å². The van der Waals surface area contributed by atoms with Crippen molar-refractivity contribution in [3.8, 4) is 11.1 Å². The minimum Gasteiger partial charge on any atom is -0.361 e. The molecular weight excluding hydrogens is 477 g/mol. The van der Waals surface area contributed by atoms with Crippen molar-refractivity contribution in [1.29, 1.82) is 0 Å². The molecule has 0 spiro atoms. The summed E-state index contributed by atoms with van der Waals surface area (Å²) in [4.78, 5) is 16.5. The van der Waals surface area contributed by atoms with Crippen molar-refractivity contribution < 1.29 is 31.7 Å². The summed E-state index contributed by atoms with van der Waals surface area (Å²) in [6, 6.07) is 5.90. The molecule has 9 nitrogen and oxygen atoms in total. The lowest BCUT2D eigenvalue weighted by molar-refractivity contribution is -0.755. The number of urea groups is 1. The summed E-state index contributed by atoms with van der Waals surface area (Å²) in [5.41, 5.74) is 2.03. The molecule has 13 heteroatoms. The predicted molar refractivity (Wildman–Crippen MR) is 114 cm³/mol. The molecule has 0 unspecified atom stereocenters. The number of pyridine rings is 1. The minimum absolute atomic E-state index is 0.0187. The molecule has 0 aliphatic rings. The average molecular weight is 494 g/mol. The standard InChI is InChI=1S/C21H16ClF3N6O3/c1-11-19(12(2)33-29-11)13-3-4-15(26-8-13)9-31-10-18(34-30-31)28-20(32)27-14-5-6-17(22)16(7-14)21(23,24)25/h3-8,10H,9H2,1-2H3,(H-,27,28,30,32)/p+1. The van der Waals surface area contributed by atoms with Crippen LogP contribution in [0.1, 0.15) is 22.7 Å². The molecule has 0 fully saturated rings. The molecular formula is C21H17ClF3N6O3+. The van der Waals surface area contributed by atoms with Crippen LogP contribution in [0.15, 0.2) is 51.8 Å². The second-order valence-corrected chi connectivity index (χ2v) is 7.68. The second kappa shape index (κ2) is 9.14. The normalized spacial score (nSPS) is 11.5. The Bertz CT molecular complexity index is 1320. The third-order valence-electron chi connectivity index (χ3n) is 4.75. The Kier molecular flexibility index (Phi) is 6.24. The van der Waals surface area contributed by atoms with E-state index in [1.165, 1.54) is 16.9 Å². The van der Waals surface area contributed by atoms with E-state index in [1.807, 2.05) is 26.0 Å². The molecule has 2 amide bonds. The average Bonchev–Trinajstić information content (AvgIpc) is 3.34. The Balaban J connectivity index is 1.38. The molecule has 2 N–H and O–H groups in total. The molecule has 0 saturated carbocycles. The van der Waals surface area contributed by atoms with Crippen molar-refractivity contribution in [3.63, 3.8) is 0 Å². The van der Waals surface area contributed by atoms with Gasteiger partial charge in [-0.05, 0) is 42.8 Å². The highest BCUT2D eigenvalue weighted by molar-refractivity contribution is 6.31. The van der Waals surface area contributed by atoms with Crippen LogP contribution in [0.3, 0.4) is 0 Å². The van der Waals surface area contributed by atoms with Crippen LogP contribution in [0.2, 0.25) is 5.02 Å². The van der Waals surface area contributed by atoms with Crippen LogP contribution >= 0.6 is 11.6 Å². The molecule has 0 saturated heterocycles. The Hall–Kier alpha value is -3.93. The number of nitrogens with one attached hydrogen (secondary N) is 2. The number of aromatic nitrogens is 4. The van der Waals surface area contributed by atoms with Crippen molar-refractivity contribution in [2.24, 2.45) is 0 Å². The molecule has 1 aromatic carbocycles. The van der Waals surface area contributed by atoms with Gasteiger partial charge in [0, 0.05) is 23.0 Å². The lowest BCUT2D eigenvalue weighted by Gasteiger charge is -2.11. The van der Waals surface area contributed by atoms with Crippen LogP contribution in [0.4, 0.5) is 29.5 Å². The summed E-state index contributed by atoms with van der Waals surface area (Å²) in [6.45, 7) is 3.92. The zero-order valence-corrected chi connectivity index (χ0v) is 18.5. The van der Waals surface area contributed by atoms with E-state index in [-0.39, 0.29) is 18.1 Å². The number of rotatable bonds is 5. The highest BCUT2D eigenvalue weighted by Crippen LogP contribution is 2.36. The number of hydrogen-bond donors (Lipinski definition) is 2. The van der Waals surface area contributed by atoms with E-state index in [0.717, 1.165) is 29.0 Å². The number of benzene rings is 1. The van der Waals surface area contributed by atoms with Crippen LogP contribution in [0, 0.1) is 13.8 Å². The second-order valence-electron chi connectivity index (χ2n) is 7.27. The highest BCUT2D eigenvalue weighted by Gasteiger charge is 2.33. The quantitative estimate of drug-likeness (QED) is 0.379. The Morgan fingerprint density at radius 3 is 2.59 bits per heavy atom. The van der Waals surface area contributed by atoms with Gasteiger partial charge in [-0.1, -0.05) is 22.8 Å². The molecule has 176 valence electrons. The monoisotopic (exact) mass is 493 g/mol. The third kappa shape index (κ3) is 5.17. The van der Waals surface area contributed by atoms with Gasteiger partial charge in [0.2, 0.25) is 11.8 Å². The van der Waals surface area contributed by atoms with Crippen molar-refractivity contribution in [2.75, 3.05) is 10.6 Å². The fourth-order valence-corrected chi connectivity index (χ4v) is 3.45. The molecule has 4 rings (SSSR count). The molecule has 3 heterocycles. The maximum Gasteiger partial charge on any atom is 0.417 e. The summed E-state index contributed by atoms with van der Waals surface area (Å²) in [7, 11) is 0. The van der Waals surface area contributed by atoms with Gasteiger partial charge >= 0.3 is 18.1 Å². The van der Waals surface area contributed by atoms with Crippen LogP contribution in [-0.2, 0) is 12.7 Å². The first-order valence-electron chi connectivity index (χ1n) is 9.79. The van der Waals surface area contributed by atoms with E-state index in [9.17, 15) is 18.0 Å². The van der Waals surface area contributed by atoms with Gasteiger partial charge in [0.1, 0.15) is 11.5 Å². The van der Waals surface area contributed by atoms with Crippen molar-refractivity contribution in [3.05, 3.63) is 70.5 Å². The number of halogens is 4. The topological polar surface area (TPSA) is 110 Å². The summed E-state index contributed by atoms with van der Waals surface area (Å²) in [5.74, 6) is 0.676. The first-order chi connectivity index (χ1) is 16.1. The van der Waals surface area contributed by atoms with E-state index in [0.29, 0.717) is 11.5 Å². The van der Waals surface area contributed by atoms with Gasteiger partial charge in [-0.15, -0.1) is 0 Å². The maximum atomic E-state index is 13.0. The molecule has 0 aliphatic carbocycles. The number of alkyl halides is 3. The molecule has 0 atom stereocenters. The Morgan fingerprint density at radius 2 is 1.94 bits per heavy atom. The van der Waals surface area contributed by atoms with E-state index < -0.39 is 22.8 Å². The summed E-state index contributed by atoms with van der Waals surface area (Å²) >= 11 is 5.58. The van der Waals surface area contributed by atoms with Crippen LogP contribution in [0.25, 0.3) is 11.1 Å². The summed E-state index contributed by atoms with van der Waals surface area (Å²) in [6.07, 6.45) is -1.55. The Morgan fingerprint density at radius 1 is 1.15 bits per heavy atom. The smallest absolute Gasteiger partial charge is 0.361 e. The molecule has 0 radical (unpaired) electrons. The lowest BCUT2D eigenvalue weighted by Crippen LogP contribution is -2.35. The van der Waals surface area contributed by atoms with E-state index in [1.54, 1.807) is 6.20 Å². The lowest BCUT2D eigenvalue weighted by atomic mass is 10.1. The number of anilines is 2. The fourth-order valence-electron chi connectivity index (χ4n) is 3.23. The zero-order valence-electron chi connectivity index (χ0n) is 17.8. The number of nitrogens with zero attached hydrogens (tertiary/aromatic N) is 4. The van der Waals surface area contributed by atoms with E-state index in [2.05, 4.69) is 26.0 Å². The van der Waals surface area contributed by atoms with Gasteiger partial charge in [-0.2, -0.15) is 13.2 Å². The summed E-state index contributed by atoms with van der Waals surface area (Å²) in [5, 5.41) is 11.9. The predicted octanol–water partition coefficient (Wildman–Crippen LogP) is 4.99. The van der Waals surface area contributed by atoms with Gasteiger partial charge in [0.05, 0.1) is 16.3 Å². The largest absolute Gasteiger partial charge is 0.417 e. The van der Waals surface area contributed by atoms with Crippen molar-refractivity contribution in [2.45, 2.75) is 26.6 Å².